The molecule has 2 fully saturated rings. The molecule has 5 atom stereocenters. The Hall–Kier alpha value is -2.90. The summed E-state index contributed by atoms with van der Waals surface area (Å²) in [7, 11) is 0. The number of amides is 3. The van der Waals surface area contributed by atoms with Crippen LogP contribution in [0.2, 0.25) is 0 Å². The molecule has 3 amide bonds. The van der Waals surface area contributed by atoms with Gasteiger partial charge < -0.3 is 24.6 Å². The first-order chi connectivity index (χ1) is 15.2. The van der Waals surface area contributed by atoms with Crippen LogP contribution in [0.4, 0.5) is 4.79 Å². The van der Waals surface area contributed by atoms with E-state index < -0.39 is 24.2 Å². The van der Waals surface area contributed by atoms with E-state index in [4.69, 9.17) is 4.74 Å². The molecule has 0 spiro atoms. The molecule has 2 saturated heterocycles. The highest BCUT2D eigenvalue weighted by Crippen LogP contribution is 2.32. The lowest BCUT2D eigenvalue weighted by molar-refractivity contribution is -0.143. The second kappa shape index (κ2) is 10.1. The van der Waals surface area contributed by atoms with Crippen LogP contribution in [-0.4, -0.2) is 64.2 Å². The van der Waals surface area contributed by atoms with Crippen molar-refractivity contribution in [1.29, 1.82) is 0 Å². The minimum absolute atomic E-state index is 0.114. The standard InChI is InChI=1S/C24H33N3O5/c1-15(2)10-19(13-28)26-17(4)12-21(23(26)30)27-16(3)11-20(22(27)29)25-24(31)32-14-18-8-6-5-7-9-18/h5-9,13,15-17,19-21H,10-12,14H2,1-4H3,(H,25,31)/t16?,17?,19-,20-,21-/m0/s1. The molecule has 2 aliphatic rings. The highest BCUT2D eigenvalue weighted by molar-refractivity contribution is 5.95. The van der Waals surface area contributed by atoms with Gasteiger partial charge in [-0.25, -0.2) is 4.79 Å². The molecule has 1 aromatic rings. The molecule has 1 aromatic carbocycles. The molecule has 2 aliphatic heterocycles. The number of rotatable bonds is 8. The third kappa shape index (κ3) is 5.11. The molecular weight excluding hydrogens is 410 g/mol. The summed E-state index contributed by atoms with van der Waals surface area (Å²) < 4.78 is 5.24. The molecule has 2 heterocycles. The Kier molecular flexibility index (Phi) is 7.53. The van der Waals surface area contributed by atoms with Crippen LogP contribution in [0.3, 0.4) is 0 Å². The summed E-state index contributed by atoms with van der Waals surface area (Å²) in [5, 5.41) is 2.65. The Balaban J connectivity index is 1.62. The molecule has 0 aromatic heterocycles. The molecule has 0 radical (unpaired) electrons. The summed E-state index contributed by atoms with van der Waals surface area (Å²) in [6.07, 6.45) is 1.64. The van der Waals surface area contributed by atoms with Crippen LogP contribution in [0.25, 0.3) is 0 Å². The molecule has 0 aliphatic carbocycles. The fourth-order valence-electron chi connectivity index (χ4n) is 4.81. The van der Waals surface area contributed by atoms with Crippen molar-refractivity contribution in [2.45, 2.75) is 83.8 Å². The van der Waals surface area contributed by atoms with Crippen molar-refractivity contribution in [2.24, 2.45) is 5.92 Å². The van der Waals surface area contributed by atoms with Gasteiger partial charge in [0.1, 0.15) is 25.0 Å². The van der Waals surface area contributed by atoms with Gasteiger partial charge in [-0.05, 0) is 44.6 Å². The Morgan fingerprint density at radius 2 is 1.81 bits per heavy atom. The number of aldehydes is 1. The number of alkyl carbamates (subject to hydrolysis) is 1. The summed E-state index contributed by atoms with van der Waals surface area (Å²) in [5.41, 5.74) is 0.854. The lowest BCUT2D eigenvalue weighted by Crippen LogP contribution is -2.50. The van der Waals surface area contributed by atoms with Crippen LogP contribution in [-0.2, 0) is 25.7 Å². The van der Waals surface area contributed by atoms with Crippen LogP contribution in [0, 0.1) is 5.92 Å². The average molecular weight is 444 g/mol. The molecule has 0 bridgehead atoms. The Labute approximate surface area is 189 Å². The number of carbonyl (C=O) groups excluding carboxylic acids is 4. The van der Waals surface area contributed by atoms with E-state index >= 15 is 0 Å². The van der Waals surface area contributed by atoms with Crippen molar-refractivity contribution >= 4 is 24.2 Å². The molecule has 174 valence electrons. The van der Waals surface area contributed by atoms with E-state index in [1.165, 1.54) is 0 Å². The van der Waals surface area contributed by atoms with Gasteiger partial charge in [0.05, 0.1) is 6.04 Å². The minimum Gasteiger partial charge on any atom is -0.445 e. The number of nitrogens with one attached hydrogen (secondary N) is 1. The van der Waals surface area contributed by atoms with E-state index in [-0.39, 0.29) is 36.4 Å². The monoisotopic (exact) mass is 443 g/mol. The summed E-state index contributed by atoms with van der Waals surface area (Å²) >= 11 is 0. The average Bonchev–Trinajstić information content (AvgIpc) is 3.19. The quantitative estimate of drug-likeness (QED) is 0.623. The number of nitrogens with zero attached hydrogens (tertiary/aromatic N) is 2. The topological polar surface area (TPSA) is 96.0 Å². The summed E-state index contributed by atoms with van der Waals surface area (Å²) in [4.78, 5) is 53.5. The number of hydrogen-bond donors (Lipinski definition) is 1. The number of hydrogen-bond acceptors (Lipinski definition) is 5. The van der Waals surface area contributed by atoms with Crippen LogP contribution < -0.4 is 5.32 Å². The number of carbonyl (C=O) groups is 4. The Morgan fingerprint density at radius 3 is 2.44 bits per heavy atom. The van der Waals surface area contributed by atoms with Gasteiger partial charge >= 0.3 is 6.09 Å². The van der Waals surface area contributed by atoms with Crippen molar-refractivity contribution in [2.75, 3.05) is 0 Å². The van der Waals surface area contributed by atoms with E-state index in [1.54, 1.807) is 9.80 Å². The van der Waals surface area contributed by atoms with Gasteiger partial charge in [-0.3, -0.25) is 9.59 Å². The van der Waals surface area contributed by atoms with E-state index in [2.05, 4.69) is 5.32 Å². The SMILES string of the molecule is CC(C)C[C@@H](C=O)N1C(=O)[C@@H](N2C(=O)[C@@H](NC(=O)OCc3ccccc3)CC2C)CC1C. The Morgan fingerprint density at radius 1 is 1.12 bits per heavy atom. The van der Waals surface area contributed by atoms with E-state index in [0.717, 1.165) is 11.8 Å². The van der Waals surface area contributed by atoms with Crippen LogP contribution in [0.1, 0.15) is 52.5 Å². The predicted octanol–water partition coefficient (Wildman–Crippen LogP) is 2.51. The van der Waals surface area contributed by atoms with Gasteiger partial charge in [0, 0.05) is 12.1 Å². The van der Waals surface area contributed by atoms with E-state index in [9.17, 15) is 19.2 Å². The zero-order valence-corrected chi connectivity index (χ0v) is 19.2. The molecule has 3 rings (SSSR count). The van der Waals surface area contributed by atoms with Gasteiger partial charge in [-0.2, -0.15) is 0 Å². The van der Waals surface area contributed by atoms with Crippen LogP contribution >= 0.6 is 0 Å². The number of benzene rings is 1. The highest BCUT2D eigenvalue weighted by Gasteiger charge is 2.50. The third-order valence-electron chi connectivity index (χ3n) is 6.25. The molecular formula is C24H33N3O5. The third-order valence-corrected chi connectivity index (χ3v) is 6.25. The van der Waals surface area contributed by atoms with E-state index in [1.807, 2.05) is 58.0 Å². The zero-order chi connectivity index (χ0) is 23.4. The molecule has 2 unspecified atom stereocenters. The van der Waals surface area contributed by atoms with Crippen LogP contribution in [0.15, 0.2) is 30.3 Å². The summed E-state index contributed by atoms with van der Waals surface area (Å²) in [6, 6.07) is 7.11. The van der Waals surface area contributed by atoms with Gasteiger partial charge in [0.15, 0.2) is 0 Å². The second-order valence-corrected chi connectivity index (χ2v) is 9.27. The van der Waals surface area contributed by atoms with Crippen molar-refractivity contribution in [1.82, 2.24) is 15.1 Å². The lowest BCUT2D eigenvalue weighted by Gasteiger charge is -2.30. The van der Waals surface area contributed by atoms with Gasteiger partial charge in [-0.1, -0.05) is 44.2 Å². The molecule has 8 heteroatoms. The van der Waals surface area contributed by atoms with Crippen molar-refractivity contribution < 1.29 is 23.9 Å². The Bertz CT molecular complexity index is 843. The maximum atomic E-state index is 13.2. The van der Waals surface area contributed by atoms with Crippen LogP contribution in [0.5, 0.6) is 0 Å². The molecule has 32 heavy (non-hydrogen) atoms. The molecule has 1 N–H and O–H groups in total. The second-order valence-electron chi connectivity index (χ2n) is 9.27. The molecule has 0 saturated carbocycles. The molecule has 8 nitrogen and oxygen atoms in total. The highest BCUT2D eigenvalue weighted by atomic mass is 16.5. The van der Waals surface area contributed by atoms with E-state index in [0.29, 0.717) is 19.3 Å². The van der Waals surface area contributed by atoms with Gasteiger partial charge in [0.2, 0.25) is 11.8 Å². The fourth-order valence-corrected chi connectivity index (χ4v) is 4.81. The largest absolute Gasteiger partial charge is 0.445 e. The first kappa shape index (κ1) is 23.8. The summed E-state index contributed by atoms with van der Waals surface area (Å²) in [6.45, 7) is 7.93. The number of likely N-dealkylation sites (tertiary alicyclic amines) is 2. The lowest BCUT2D eigenvalue weighted by atomic mass is 10.0. The first-order valence-corrected chi connectivity index (χ1v) is 11.3. The zero-order valence-electron chi connectivity index (χ0n) is 19.2. The normalized spacial score (nSPS) is 26.5. The van der Waals surface area contributed by atoms with Crippen molar-refractivity contribution in [3.8, 4) is 0 Å². The van der Waals surface area contributed by atoms with Gasteiger partial charge in [-0.15, -0.1) is 0 Å². The maximum absolute atomic E-state index is 13.2. The first-order valence-electron chi connectivity index (χ1n) is 11.3. The number of ether oxygens (including phenoxy) is 1. The smallest absolute Gasteiger partial charge is 0.408 e. The maximum Gasteiger partial charge on any atom is 0.408 e. The van der Waals surface area contributed by atoms with Crippen molar-refractivity contribution in [3.05, 3.63) is 35.9 Å². The van der Waals surface area contributed by atoms with Gasteiger partial charge in [0.25, 0.3) is 0 Å². The summed E-state index contributed by atoms with van der Waals surface area (Å²) in [5.74, 6) is -0.206. The van der Waals surface area contributed by atoms with Crippen molar-refractivity contribution in [3.63, 3.8) is 0 Å². The fraction of sp³-hybridized carbons (Fsp3) is 0.583. The predicted molar refractivity (Wildman–Crippen MR) is 118 cm³/mol. The minimum atomic E-state index is -0.733.